The topological polar surface area (TPSA) is 96.0 Å². The molecular formula is C15H12ClN5O3S. The molecule has 0 saturated carbocycles. The predicted molar refractivity (Wildman–Crippen MR) is 93.4 cm³/mol. The van der Waals surface area contributed by atoms with E-state index in [0.29, 0.717) is 27.2 Å². The number of benzene rings is 2. The Bertz CT molecular complexity index is 900. The second kappa shape index (κ2) is 7.49. The molecule has 1 aromatic heterocycles. The molecule has 8 nitrogen and oxygen atoms in total. The first-order valence-corrected chi connectivity index (χ1v) is 8.43. The number of rotatable bonds is 6. The predicted octanol–water partition coefficient (Wildman–Crippen LogP) is 3.52. The molecule has 2 aromatic carbocycles. The molecule has 10 heteroatoms. The van der Waals surface area contributed by atoms with Crippen LogP contribution in [0.4, 0.5) is 5.69 Å². The summed E-state index contributed by atoms with van der Waals surface area (Å²) >= 11 is 7.24. The second-order valence-corrected chi connectivity index (χ2v) is 6.27. The van der Waals surface area contributed by atoms with Crippen molar-refractivity contribution in [1.29, 1.82) is 0 Å². The molecule has 128 valence electrons. The van der Waals surface area contributed by atoms with Crippen molar-refractivity contribution in [3.63, 3.8) is 0 Å². The fourth-order valence-electron chi connectivity index (χ4n) is 2.15. The number of nitrogens with zero attached hydrogens (tertiary/aromatic N) is 5. The van der Waals surface area contributed by atoms with Gasteiger partial charge >= 0.3 is 0 Å². The quantitative estimate of drug-likeness (QED) is 0.368. The summed E-state index contributed by atoms with van der Waals surface area (Å²) in [4.78, 5) is 10.5. The van der Waals surface area contributed by atoms with E-state index in [1.807, 2.05) is 0 Å². The van der Waals surface area contributed by atoms with E-state index in [9.17, 15) is 10.1 Å². The number of halogens is 1. The summed E-state index contributed by atoms with van der Waals surface area (Å²) in [5, 5.41) is 23.8. The standard InChI is InChI=1S/C15H12ClN5O3S/c1-24-14-7-6-13(21(22)23)8-10(14)9-25-15-17-18-19-20(15)12-4-2-11(16)3-5-12/h2-8H,9H2,1H3. The summed E-state index contributed by atoms with van der Waals surface area (Å²) in [6.07, 6.45) is 0. The van der Waals surface area contributed by atoms with E-state index in [2.05, 4.69) is 15.5 Å². The molecule has 0 radical (unpaired) electrons. The van der Waals surface area contributed by atoms with Crippen LogP contribution in [0.5, 0.6) is 5.75 Å². The van der Waals surface area contributed by atoms with Gasteiger partial charge in [0.2, 0.25) is 5.16 Å². The van der Waals surface area contributed by atoms with E-state index in [0.717, 1.165) is 5.69 Å². The first-order valence-electron chi connectivity index (χ1n) is 7.07. The van der Waals surface area contributed by atoms with Crippen LogP contribution in [0.25, 0.3) is 5.69 Å². The van der Waals surface area contributed by atoms with E-state index >= 15 is 0 Å². The number of non-ortho nitro benzene ring substituents is 1. The number of ether oxygens (including phenoxy) is 1. The molecule has 0 aliphatic rings. The Morgan fingerprint density at radius 1 is 1.28 bits per heavy atom. The lowest BCUT2D eigenvalue weighted by Gasteiger charge is -2.08. The third-order valence-electron chi connectivity index (χ3n) is 3.34. The van der Waals surface area contributed by atoms with Crippen molar-refractivity contribution < 1.29 is 9.66 Å². The Morgan fingerprint density at radius 3 is 2.72 bits per heavy atom. The van der Waals surface area contributed by atoms with Crippen LogP contribution >= 0.6 is 23.4 Å². The normalized spacial score (nSPS) is 10.6. The smallest absolute Gasteiger partial charge is 0.270 e. The van der Waals surface area contributed by atoms with Crippen molar-refractivity contribution in [2.24, 2.45) is 0 Å². The SMILES string of the molecule is COc1ccc([N+](=O)[O-])cc1CSc1nnnn1-c1ccc(Cl)cc1. The largest absolute Gasteiger partial charge is 0.496 e. The third-order valence-corrected chi connectivity index (χ3v) is 4.56. The maximum absolute atomic E-state index is 11.0. The van der Waals surface area contributed by atoms with Crippen molar-refractivity contribution >= 4 is 29.1 Å². The van der Waals surface area contributed by atoms with Gasteiger partial charge < -0.3 is 4.74 Å². The van der Waals surface area contributed by atoms with Gasteiger partial charge in [-0.2, -0.15) is 4.68 Å². The molecule has 0 spiro atoms. The third kappa shape index (κ3) is 3.89. The highest BCUT2D eigenvalue weighted by molar-refractivity contribution is 7.98. The second-order valence-electron chi connectivity index (χ2n) is 4.89. The highest BCUT2D eigenvalue weighted by Gasteiger charge is 2.14. The summed E-state index contributed by atoms with van der Waals surface area (Å²) in [6, 6.07) is 11.6. The van der Waals surface area contributed by atoms with E-state index in [1.165, 1.54) is 31.0 Å². The molecule has 3 aromatic rings. The molecule has 0 unspecified atom stereocenters. The zero-order valence-corrected chi connectivity index (χ0v) is 14.6. The van der Waals surface area contributed by atoms with Crippen LogP contribution in [0, 0.1) is 10.1 Å². The van der Waals surface area contributed by atoms with E-state index in [-0.39, 0.29) is 5.69 Å². The Balaban J connectivity index is 1.83. The maximum atomic E-state index is 11.0. The minimum atomic E-state index is -0.439. The monoisotopic (exact) mass is 377 g/mol. The number of methoxy groups -OCH3 is 1. The average molecular weight is 378 g/mol. The molecule has 0 aliphatic heterocycles. The number of hydrogen-bond donors (Lipinski definition) is 0. The Labute approximate surface area is 151 Å². The van der Waals surface area contributed by atoms with Gasteiger partial charge in [0.1, 0.15) is 5.75 Å². The summed E-state index contributed by atoms with van der Waals surface area (Å²) in [5.74, 6) is 0.988. The van der Waals surface area contributed by atoms with E-state index in [4.69, 9.17) is 16.3 Å². The molecule has 0 atom stereocenters. The molecule has 3 rings (SSSR count). The Morgan fingerprint density at radius 2 is 2.04 bits per heavy atom. The van der Waals surface area contributed by atoms with Gasteiger partial charge in [0.05, 0.1) is 17.7 Å². The first-order chi connectivity index (χ1) is 12.1. The average Bonchev–Trinajstić information content (AvgIpc) is 3.08. The summed E-state index contributed by atoms with van der Waals surface area (Å²) in [7, 11) is 1.52. The van der Waals surface area contributed by atoms with Crippen molar-refractivity contribution in [3.8, 4) is 11.4 Å². The van der Waals surface area contributed by atoms with Crippen LogP contribution in [-0.4, -0.2) is 32.2 Å². The molecule has 1 heterocycles. The van der Waals surface area contributed by atoms with Crippen molar-refractivity contribution in [3.05, 3.63) is 63.2 Å². The molecular weight excluding hydrogens is 366 g/mol. The zero-order valence-electron chi connectivity index (χ0n) is 13.0. The van der Waals surface area contributed by atoms with Gasteiger partial charge in [0.15, 0.2) is 0 Å². The molecule has 0 N–H and O–H groups in total. The Hall–Kier alpha value is -2.65. The minimum absolute atomic E-state index is 0.00805. The van der Waals surface area contributed by atoms with Crippen molar-refractivity contribution in [2.75, 3.05) is 7.11 Å². The minimum Gasteiger partial charge on any atom is -0.496 e. The lowest BCUT2D eigenvalue weighted by Crippen LogP contribution is -1.99. The fourth-order valence-corrected chi connectivity index (χ4v) is 3.14. The van der Waals surface area contributed by atoms with Gasteiger partial charge in [-0.1, -0.05) is 23.4 Å². The van der Waals surface area contributed by atoms with Gasteiger partial charge in [0, 0.05) is 28.5 Å². The molecule has 25 heavy (non-hydrogen) atoms. The first kappa shape index (κ1) is 17.2. The summed E-state index contributed by atoms with van der Waals surface area (Å²) in [5.41, 5.74) is 1.46. The molecule has 0 fully saturated rings. The van der Waals surface area contributed by atoms with Crippen LogP contribution in [-0.2, 0) is 5.75 Å². The van der Waals surface area contributed by atoms with E-state index < -0.39 is 4.92 Å². The number of aromatic nitrogens is 4. The molecule has 0 bridgehead atoms. The van der Waals surface area contributed by atoms with Crippen LogP contribution in [0.1, 0.15) is 5.56 Å². The van der Waals surface area contributed by atoms with Gasteiger partial charge in [-0.25, -0.2) is 0 Å². The number of hydrogen-bond acceptors (Lipinski definition) is 7. The van der Waals surface area contributed by atoms with Crippen LogP contribution < -0.4 is 4.74 Å². The van der Waals surface area contributed by atoms with Crippen molar-refractivity contribution in [1.82, 2.24) is 20.2 Å². The zero-order chi connectivity index (χ0) is 17.8. The molecule has 0 aliphatic carbocycles. The molecule has 0 amide bonds. The van der Waals surface area contributed by atoms with E-state index in [1.54, 1.807) is 35.0 Å². The highest BCUT2D eigenvalue weighted by Crippen LogP contribution is 2.30. The lowest BCUT2D eigenvalue weighted by molar-refractivity contribution is -0.384. The van der Waals surface area contributed by atoms with Gasteiger partial charge in [0.25, 0.3) is 5.69 Å². The molecule has 0 saturated heterocycles. The van der Waals surface area contributed by atoms with Crippen molar-refractivity contribution in [2.45, 2.75) is 10.9 Å². The fraction of sp³-hybridized carbons (Fsp3) is 0.133. The van der Waals surface area contributed by atoms with Gasteiger partial charge in [-0.15, -0.1) is 5.10 Å². The van der Waals surface area contributed by atoms with Gasteiger partial charge in [-0.05, 0) is 40.8 Å². The summed E-state index contributed by atoms with van der Waals surface area (Å²) < 4.78 is 6.84. The Kier molecular flexibility index (Phi) is 5.15. The maximum Gasteiger partial charge on any atom is 0.270 e. The number of nitro benzene ring substituents is 1. The van der Waals surface area contributed by atoms with Gasteiger partial charge in [-0.3, -0.25) is 10.1 Å². The summed E-state index contributed by atoms with van der Waals surface area (Å²) in [6.45, 7) is 0. The number of nitro groups is 1. The van der Waals surface area contributed by atoms with Crippen LogP contribution in [0.15, 0.2) is 47.6 Å². The number of thioether (sulfide) groups is 1. The lowest BCUT2D eigenvalue weighted by atomic mass is 10.2. The van der Waals surface area contributed by atoms with Crippen LogP contribution in [0.2, 0.25) is 5.02 Å². The number of tetrazole rings is 1. The highest BCUT2D eigenvalue weighted by atomic mass is 35.5. The van der Waals surface area contributed by atoms with Crippen LogP contribution in [0.3, 0.4) is 0 Å².